The Hall–Kier alpha value is -1.59. The van der Waals surface area contributed by atoms with Crippen molar-refractivity contribution >= 4 is 5.71 Å². The fourth-order valence-corrected chi connectivity index (χ4v) is 0.988. The number of hydrogen-bond acceptors (Lipinski definition) is 2. The molecule has 6 heteroatoms. The van der Waals surface area contributed by atoms with Crippen LogP contribution in [0.5, 0.6) is 0 Å². The molecule has 15 heavy (non-hydrogen) atoms. The molecule has 0 atom stereocenters. The molecular formula is C9H7F4NO. The zero-order chi connectivity index (χ0) is 11.5. The smallest absolute Gasteiger partial charge is 0.411 e. The molecule has 0 radical (unpaired) electrons. The van der Waals surface area contributed by atoms with Gasteiger partial charge in [0.25, 0.3) is 0 Å². The predicted molar refractivity (Wildman–Crippen MR) is 45.4 cm³/mol. The molecule has 2 nitrogen and oxygen atoms in total. The monoisotopic (exact) mass is 221 g/mol. The van der Waals surface area contributed by atoms with Gasteiger partial charge in [0.2, 0.25) is 0 Å². The van der Waals surface area contributed by atoms with Crippen LogP contribution >= 0.6 is 0 Å². The zero-order valence-corrected chi connectivity index (χ0v) is 7.42. The van der Waals surface area contributed by atoms with E-state index in [9.17, 15) is 17.6 Å². The highest BCUT2D eigenvalue weighted by molar-refractivity contribution is 5.90. The van der Waals surface area contributed by atoms with Gasteiger partial charge in [-0.1, -0.05) is 17.3 Å². The number of hydrogen-bond donors (Lipinski definition) is 1. The number of alkyl halides is 3. The molecule has 0 aliphatic rings. The van der Waals surface area contributed by atoms with E-state index in [0.29, 0.717) is 0 Å². The van der Waals surface area contributed by atoms with Crippen LogP contribution in [0.3, 0.4) is 0 Å². The van der Waals surface area contributed by atoms with Gasteiger partial charge in [-0.25, -0.2) is 4.39 Å². The van der Waals surface area contributed by atoms with Crippen molar-refractivity contribution in [1.29, 1.82) is 0 Å². The molecule has 82 valence electrons. The number of benzene rings is 1. The number of nitrogens with zero attached hydrogens (tertiary/aromatic N) is 1. The van der Waals surface area contributed by atoms with Crippen LogP contribution in [0, 0.1) is 5.82 Å². The van der Waals surface area contributed by atoms with E-state index in [1.54, 1.807) is 0 Å². The molecule has 0 heterocycles. The average Bonchev–Trinajstić information content (AvgIpc) is 2.15. The molecule has 1 aromatic rings. The first-order chi connectivity index (χ1) is 6.93. The Morgan fingerprint density at radius 1 is 1.20 bits per heavy atom. The van der Waals surface area contributed by atoms with Gasteiger partial charge in [-0.3, -0.25) is 0 Å². The van der Waals surface area contributed by atoms with Crippen molar-refractivity contribution in [1.82, 2.24) is 0 Å². The molecule has 1 aromatic carbocycles. The van der Waals surface area contributed by atoms with E-state index in [2.05, 4.69) is 5.16 Å². The van der Waals surface area contributed by atoms with E-state index in [1.165, 1.54) is 12.1 Å². The summed E-state index contributed by atoms with van der Waals surface area (Å²) in [6.07, 6.45) is -5.26. The maximum Gasteiger partial charge on any atom is 0.433 e. The van der Waals surface area contributed by atoms with Gasteiger partial charge in [0.1, 0.15) is 5.82 Å². The molecule has 1 N–H and O–H groups in total. The van der Waals surface area contributed by atoms with Crippen molar-refractivity contribution in [3.05, 3.63) is 35.6 Å². The van der Waals surface area contributed by atoms with Gasteiger partial charge in [0.05, 0.1) is 0 Å². The second-order valence-electron chi connectivity index (χ2n) is 2.85. The van der Waals surface area contributed by atoms with Gasteiger partial charge in [-0.2, -0.15) is 13.2 Å². The third-order valence-corrected chi connectivity index (χ3v) is 1.73. The van der Waals surface area contributed by atoms with Crippen LogP contribution in [0.25, 0.3) is 0 Å². The summed E-state index contributed by atoms with van der Waals surface area (Å²) < 4.78 is 48.8. The van der Waals surface area contributed by atoms with E-state index in [1.807, 2.05) is 0 Å². The lowest BCUT2D eigenvalue weighted by atomic mass is 10.1. The summed E-state index contributed by atoms with van der Waals surface area (Å²) in [6.45, 7) is 0. The largest absolute Gasteiger partial charge is 0.433 e. The third kappa shape index (κ3) is 3.23. The summed E-state index contributed by atoms with van der Waals surface area (Å²) in [7, 11) is 0. The fraction of sp³-hybridized carbons (Fsp3) is 0.222. The first-order valence-electron chi connectivity index (χ1n) is 3.96. The average molecular weight is 221 g/mol. The van der Waals surface area contributed by atoms with Crippen molar-refractivity contribution in [3.63, 3.8) is 0 Å². The van der Waals surface area contributed by atoms with Crippen LogP contribution in [-0.4, -0.2) is 17.1 Å². The van der Waals surface area contributed by atoms with Crippen LogP contribution in [0.4, 0.5) is 17.6 Å². The number of oxime groups is 1. The topological polar surface area (TPSA) is 32.6 Å². The lowest BCUT2D eigenvalue weighted by molar-refractivity contribution is -0.0622. The lowest BCUT2D eigenvalue weighted by Crippen LogP contribution is -2.25. The lowest BCUT2D eigenvalue weighted by Gasteiger charge is -2.08. The van der Waals surface area contributed by atoms with E-state index >= 15 is 0 Å². The Bertz CT molecular complexity index is 355. The highest BCUT2D eigenvalue weighted by atomic mass is 19.4. The minimum absolute atomic E-state index is 0.224. The molecule has 0 saturated heterocycles. The standard InChI is InChI=1S/C9H7F4NO/c10-7-3-1-6(2-4-7)5-8(14-15)9(11,12)13/h1-4,15H,5H2. The Morgan fingerprint density at radius 3 is 2.13 bits per heavy atom. The maximum atomic E-state index is 12.4. The first kappa shape index (κ1) is 11.5. The van der Waals surface area contributed by atoms with E-state index in [4.69, 9.17) is 5.21 Å². The van der Waals surface area contributed by atoms with Gasteiger partial charge in [-0.15, -0.1) is 0 Å². The molecular weight excluding hydrogens is 214 g/mol. The van der Waals surface area contributed by atoms with E-state index in [-0.39, 0.29) is 5.56 Å². The van der Waals surface area contributed by atoms with Crippen LogP contribution < -0.4 is 0 Å². The minimum atomic E-state index is -4.68. The quantitative estimate of drug-likeness (QED) is 0.354. The van der Waals surface area contributed by atoms with Crippen LogP contribution in [0.2, 0.25) is 0 Å². The molecule has 0 aliphatic heterocycles. The Labute approximate surface area is 82.8 Å². The molecule has 0 spiro atoms. The van der Waals surface area contributed by atoms with Gasteiger partial charge in [0.15, 0.2) is 5.71 Å². The van der Waals surface area contributed by atoms with Crippen molar-refractivity contribution in [2.24, 2.45) is 5.16 Å². The molecule has 1 rings (SSSR count). The first-order valence-corrected chi connectivity index (χ1v) is 3.96. The van der Waals surface area contributed by atoms with Crippen molar-refractivity contribution in [2.75, 3.05) is 0 Å². The normalized spacial score (nSPS) is 12.9. The highest BCUT2D eigenvalue weighted by Gasteiger charge is 2.36. The van der Waals surface area contributed by atoms with E-state index in [0.717, 1.165) is 12.1 Å². The Kier molecular flexibility index (Phi) is 3.28. The summed E-state index contributed by atoms with van der Waals surface area (Å²) in [4.78, 5) is 0. The van der Waals surface area contributed by atoms with Gasteiger partial charge in [0, 0.05) is 6.42 Å². The summed E-state index contributed by atoms with van der Waals surface area (Å²) in [5.41, 5.74) is -1.09. The van der Waals surface area contributed by atoms with E-state index < -0.39 is 24.1 Å². The number of halogens is 4. The molecule has 0 aromatic heterocycles. The predicted octanol–water partition coefficient (Wildman–Crippen LogP) is 2.76. The van der Waals surface area contributed by atoms with Crippen molar-refractivity contribution in [2.45, 2.75) is 12.6 Å². The Balaban J connectivity index is 2.81. The summed E-state index contributed by atoms with van der Waals surface area (Å²) in [6, 6.07) is 4.49. The molecule has 0 fully saturated rings. The van der Waals surface area contributed by atoms with Crippen LogP contribution in [0.1, 0.15) is 5.56 Å². The van der Waals surface area contributed by atoms with Crippen molar-refractivity contribution < 1.29 is 22.8 Å². The zero-order valence-electron chi connectivity index (χ0n) is 7.42. The second kappa shape index (κ2) is 4.29. The maximum absolute atomic E-state index is 12.4. The molecule has 0 amide bonds. The number of rotatable bonds is 2. The molecule has 0 saturated carbocycles. The van der Waals surface area contributed by atoms with Gasteiger partial charge < -0.3 is 5.21 Å². The molecule has 0 unspecified atom stereocenters. The summed E-state index contributed by atoms with van der Waals surface area (Å²) in [5.74, 6) is -0.534. The summed E-state index contributed by atoms with van der Waals surface area (Å²) >= 11 is 0. The Morgan fingerprint density at radius 2 is 1.73 bits per heavy atom. The van der Waals surface area contributed by atoms with Crippen LogP contribution in [-0.2, 0) is 6.42 Å². The van der Waals surface area contributed by atoms with Gasteiger partial charge >= 0.3 is 6.18 Å². The summed E-state index contributed by atoms with van der Waals surface area (Å²) in [5, 5.41) is 10.3. The van der Waals surface area contributed by atoms with Crippen LogP contribution in [0.15, 0.2) is 29.4 Å². The molecule has 0 aliphatic carbocycles. The highest BCUT2D eigenvalue weighted by Crippen LogP contribution is 2.20. The second-order valence-corrected chi connectivity index (χ2v) is 2.85. The SMILES string of the molecule is ON=C(Cc1ccc(F)cc1)C(F)(F)F. The third-order valence-electron chi connectivity index (χ3n) is 1.73. The van der Waals surface area contributed by atoms with Gasteiger partial charge in [-0.05, 0) is 17.7 Å². The molecule has 0 bridgehead atoms. The minimum Gasteiger partial charge on any atom is -0.411 e. The fourth-order valence-electron chi connectivity index (χ4n) is 0.988. The van der Waals surface area contributed by atoms with Crippen molar-refractivity contribution in [3.8, 4) is 0 Å².